The standard InChI is InChI=1S/C47H45BrN2O5/c1-33-8-12-39(13-9-33)47(52)50-27-24-44(25-28-50)55-43-20-10-35(11-21-43)32-54-42-22-18-37(19-23-42)36-14-16-38(17-15-36)46(51)49-41-6-3-7-45(31-41)53-29-26-34-4-2-5-40(48)30-34/h2-10,12-23,30-31,35,44H,11,24-29,32H2,1H3,(H,49,51). The van der Waals surface area contributed by atoms with Crippen LogP contribution in [0.3, 0.4) is 0 Å². The molecule has 5 aromatic carbocycles. The van der Waals surface area contributed by atoms with Crippen molar-refractivity contribution in [1.82, 2.24) is 4.90 Å². The van der Waals surface area contributed by atoms with Gasteiger partial charge in [-0.1, -0.05) is 82.2 Å². The molecule has 1 fully saturated rings. The van der Waals surface area contributed by atoms with Crippen LogP contribution in [0.4, 0.5) is 5.69 Å². The second kappa shape index (κ2) is 18.2. The van der Waals surface area contributed by atoms with Gasteiger partial charge in [-0.15, -0.1) is 0 Å². The molecule has 2 amide bonds. The van der Waals surface area contributed by atoms with Crippen molar-refractivity contribution in [1.29, 1.82) is 0 Å². The number of hydrogen-bond donors (Lipinski definition) is 1. The molecule has 7 nitrogen and oxygen atoms in total. The fourth-order valence-corrected chi connectivity index (χ4v) is 7.16. The SMILES string of the molecule is Cc1ccc(C(=O)N2CCC(OC3=CCC(COc4ccc(-c5ccc(C(=O)Nc6cccc(OCCc7cccc(Br)c7)c6)cc5)cc4)C=C3)CC2)cc1. The molecule has 0 aromatic heterocycles. The highest BCUT2D eigenvalue weighted by molar-refractivity contribution is 9.10. The van der Waals surface area contributed by atoms with Gasteiger partial charge in [0.1, 0.15) is 23.4 Å². The van der Waals surface area contributed by atoms with Crippen molar-refractivity contribution in [3.05, 3.63) is 172 Å². The Hall–Kier alpha value is -5.60. The smallest absolute Gasteiger partial charge is 0.255 e. The second-order valence-corrected chi connectivity index (χ2v) is 15.0. The molecule has 0 spiro atoms. The number of nitrogens with one attached hydrogen (secondary N) is 1. The van der Waals surface area contributed by atoms with Crippen LogP contribution in [0.25, 0.3) is 11.1 Å². The number of hydrogen-bond acceptors (Lipinski definition) is 5. The predicted octanol–water partition coefficient (Wildman–Crippen LogP) is 10.5. The third-order valence-corrected chi connectivity index (χ3v) is 10.4. The monoisotopic (exact) mass is 796 g/mol. The van der Waals surface area contributed by atoms with Gasteiger partial charge in [-0.3, -0.25) is 9.59 Å². The molecule has 280 valence electrons. The summed E-state index contributed by atoms with van der Waals surface area (Å²) in [6.07, 6.45) is 9.75. The predicted molar refractivity (Wildman–Crippen MR) is 222 cm³/mol. The highest BCUT2D eigenvalue weighted by Crippen LogP contribution is 2.27. The van der Waals surface area contributed by atoms with E-state index in [0.717, 1.165) is 63.9 Å². The third-order valence-electron chi connectivity index (χ3n) is 9.92. The third kappa shape index (κ3) is 10.5. The van der Waals surface area contributed by atoms with E-state index in [1.807, 2.05) is 127 Å². The van der Waals surface area contributed by atoms with Gasteiger partial charge < -0.3 is 24.4 Å². The molecule has 0 bridgehead atoms. The van der Waals surface area contributed by atoms with E-state index in [-0.39, 0.29) is 23.8 Å². The lowest BCUT2D eigenvalue weighted by molar-refractivity contribution is 0.0432. The van der Waals surface area contributed by atoms with Gasteiger partial charge in [-0.25, -0.2) is 0 Å². The lowest BCUT2D eigenvalue weighted by atomic mass is 10.0. The molecule has 1 aliphatic heterocycles. The summed E-state index contributed by atoms with van der Waals surface area (Å²) in [7, 11) is 0. The van der Waals surface area contributed by atoms with Crippen LogP contribution in [-0.2, 0) is 11.2 Å². The highest BCUT2D eigenvalue weighted by Gasteiger charge is 2.25. The molecule has 1 unspecified atom stereocenters. The number of nitrogens with zero attached hydrogens (tertiary/aromatic N) is 1. The number of carbonyl (C=O) groups excluding carboxylic acids is 2. The van der Waals surface area contributed by atoms with E-state index in [0.29, 0.717) is 43.3 Å². The average Bonchev–Trinajstić information content (AvgIpc) is 3.21. The molecule has 0 saturated carbocycles. The molecule has 0 radical (unpaired) electrons. The Labute approximate surface area is 331 Å². The maximum absolute atomic E-state index is 13.0. The maximum atomic E-state index is 13.0. The Bertz CT molecular complexity index is 2140. The number of rotatable bonds is 13. The average molecular weight is 798 g/mol. The van der Waals surface area contributed by atoms with Gasteiger partial charge in [-0.05, 0) is 103 Å². The summed E-state index contributed by atoms with van der Waals surface area (Å²) in [6.45, 7) is 4.54. The normalized spacial score (nSPS) is 15.6. The lowest BCUT2D eigenvalue weighted by Crippen LogP contribution is -2.40. The summed E-state index contributed by atoms with van der Waals surface area (Å²) in [5, 5.41) is 2.98. The minimum Gasteiger partial charge on any atom is -0.493 e. The number of amides is 2. The van der Waals surface area contributed by atoms with Gasteiger partial charge in [0.15, 0.2) is 0 Å². The number of anilines is 1. The zero-order valence-corrected chi connectivity index (χ0v) is 32.5. The molecular formula is C47H45BrN2O5. The first-order valence-corrected chi connectivity index (χ1v) is 19.7. The second-order valence-electron chi connectivity index (χ2n) is 14.1. The fourth-order valence-electron chi connectivity index (χ4n) is 6.71. The molecule has 1 atom stereocenters. The minimum atomic E-state index is -0.181. The topological polar surface area (TPSA) is 77.1 Å². The van der Waals surface area contributed by atoms with Crippen LogP contribution in [0.5, 0.6) is 11.5 Å². The summed E-state index contributed by atoms with van der Waals surface area (Å²) in [4.78, 5) is 27.8. The lowest BCUT2D eigenvalue weighted by Gasteiger charge is -2.33. The number of likely N-dealkylation sites (tertiary alicyclic amines) is 1. The van der Waals surface area contributed by atoms with Crippen molar-refractivity contribution in [3.8, 4) is 22.6 Å². The van der Waals surface area contributed by atoms with E-state index in [1.165, 1.54) is 5.56 Å². The van der Waals surface area contributed by atoms with E-state index in [2.05, 4.69) is 45.5 Å². The Kier molecular flexibility index (Phi) is 12.4. The van der Waals surface area contributed by atoms with Crippen molar-refractivity contribution < 1.29 is 23.8 Å². The van der Waals surface area contributed by atoms with Crippen LogP contribution in [-0.4, -0.2) is 49.1 Å². The van der Waals surface area contributed by atoms with Crippen LogP contribution in [0.1, 0.15) is 51.1 Å². The first kappa shape index (κ1) is 37.7. The molecule has 55 heavy (non-hydrogen) atoms. The van der Waals surface area contributed by atoms with Crippen LogP contribution in [0.2, 0.25) is 0 Å². The number of carbonyl (C=O) groups is 2. The summed E-state index contributed by atoms with van der Waals surface area (Å²) in [5.74, 6) is 2.59. The van der Waals surface area contributed by atoms with E-state index in [9.17, 15) is 9.59 Å². The summed E-state index contributed by atoms with van der Waals surface area (Å²) in [6, 6.07) is 39.1. The quantitative estimate of drug-likeness (QED) is 0.128. The summed E-state index contributed by atoms with van der Waals surface area (Å²) < 4.78 is 19.4. The molecule has 5 aromatic rings. The molecule has 1 heterocycles. The molecular weight excluding hydrogens is 752 g/mol. The molecule has 1 saturated heterocycles. The molecule has 8 heteroatoms. The molecule has 7 rings (SSSR count). The van der Waals surface area contributed by atoms with Crippen LogP contribution in [0, 0.1) is 12.8 Å². The fraction of sp³-hybridized carbons (Fsp3) is 0.234. The van der Waals surface area contributed by atoms with Crippen molar-refractivity contribution in [3.63, 3.8) is 0 Å². The van der Waals surface area contributed by atoms with Crippen LogP contribution < -0.4 is 14.8 Å². The largest absolute Gasteiger partial charge is 0.493 e. The van der Waals surface area contributed by atoms with Crippen LogP contribution >= 0.6 is 15.9 Å². The van der Waals surface area contributed by atoms with Crippen molar-refractivity contribution >= 4 is 33.4 Å². The summed E-state index contributed by atoms with van der Waals surface area (Å²) in [5.41, 5.74) is 6.40. The zero-order valence-electron chi connectivity index (χ0n) is 31.0. The first-order valence-electron chi connectivity index (χ1n) is 18.9. The Morgan fingerprint density at radius 1 is 0.782 bits per heavy atom. The number of halogens is 1. The van der Waals surface area contributed by atoms with Gasteiger partial charge in [-0.2, -0.15) is 0 Å². The van der Waals surface area contributed by atoms with Crippen molar-refractivity contribution in [2.24, 2.45) is 5.92 Å². The van der Waals surface area contributed by atoms with Gasteiger partial charge in [0.25, 0.3) is 11.8 Å². The van der Waals surface area contributed by atoms with Crippen molar-refractivity contribution in [2.45, 2.75) is 38.7 Å². The molecule has 1 N–H and O–H groups in total. The number of allylic oxidation sites excluding steroid dienone is 2. The minimum absolute atomic E-state index is 0.0948. The van der Waals surface area contributed by atoms with Gasteiger partial charge >= 0.3 is 0 Å². The number of ether oxygens (including phenoxy) is 3. The van der Waals surface area contributed by atoms with Crippen LogP contribution in [0.15, 0.2) is 150 Å². The number of aryl methyl sites for hydroxylation is 1. The maximum Gasteiger partial charge on any atom is 0.255 e. The van der Waals surface area contributed by atoms with E-state index in [1.54, 1.807) is 0 Å². The molecule has 2 aliphatic rings. The number of piperidine rings is 1. The van der Waals surface area contributed by atoms with E-state index < -0.39 is 0 Å². The zero-order chi connectivity index (χ0) is 38.0. The Morgan fingerprint density at radius 2 is 1.49 bits per heavy atom. The van der Waals surface area contributed by atoms with E-state index in [4.69, 9.17) is 14.2 Å². The Balaban J connectivity index is 0.820. The van der Waals surface area contributed by atoms with Crippen molar-refractivity contribution in [2.75, 3.05) is 31.6 Å². The van der Waals surface area contributed by atoms with Gasteiger partial charge in [0, 0.05) is 65.6 Å². The van der Waals surface area contributed by atoms with Gasteiger partial charge in [0.05, 0.1) is 13.2 Å². The van der Waals surface area contributed by atoms with E-state index >= 15 is 0 Å². The van der Waals surface area contributed by atoms with Gasteiger partial charge in [0.2, 0.25) is 0 Å². The Morgan fingerprint density at radius 3 is 2.20 bits per heavy atom. The highest BCUT2D eigenvalue weighted by atomic mass is 79.9. The first-order chi connectivity index (χ1) is 26.8. The number of benzene rings is 5. The summed E-state index contributed by atoms with van der Waals surface area (Å²) >= 11 is 3.51. The molecule has 1 aliphatic carbocycles.